The first-order valence-corrected chi connectivity index (χ1v) is 8.13. The Morgan fingerprint density at radius 1 is 1.39 bits per heavy atom. The quantitative estimate of drug-likeness (QED) is 0.663. The first-order valence-electron chi connectivity index (χ1n) is 7.75. The van der Waals surface area contributed by atoms with Crippen LogP contribution in [0.5, 0.6) is 11.5 Å². The predicted octanol–water partition coefficient (Wildman–Crippen LogP) is 3.49. The fraction of sp³-hybridized carbons (Fsp3) is 0.529. The molecule has 1 N–H and O–H groups in total. The fourth-order valence-corrected chi connectivity index (χ4v) is 2.35. The van der Waals surface area contributed by atoms with Crippen LogP contribution in [0.4, 0.5) is 0 Å². The third-order valence-electron chi connectivity index (χ3n) is 3.26. The van der Waals surface area contributed by atoms with Crippen molar-refractivity contribution in [2.75, 3.05) is 20.3 Å². The second-order valence-corrected chi connectivity index (χ2v) is 5.51. The molecule has 126 valence electrons. The number of nitrogens with one attached hydrogen (secondary N) is 1. The predicted molar refractivity (Wildman–Crippen MR) is 90.0 cm³/mol. The Bertz CT molecular complexity index is 556. The lowest BCUT2D eigenvalue weighted by atomic mass is 10.1. The lowest BCUT2D eigenvalue weighted by Crippen LogP contribution is -2.24. The number of hydrogen-bond acceptors (Lipinski definition) is 4. The third kappa shape index (κ3) is 6.79. The number of unbranched alkanes of at least 4 members (excludes halogenated alkanes) is 2. The summed E-state index contributed by atoms with van der Waals surface area (Å²) in [6, 6.07) is 5.48. The largest absolute Gasteiger partial charge is 0.493 e. The molecule has 0 aliphatic rings. The smallest absolute Gasteiger partial charge is 0.234 e. The molecule has 0 saturated carbocycles. The van der Waals surface area contributed by atoms with Crippen molar-refractivity contribution in [3.8, 4) is 17.6 Å². The number of halogens is 1. The van der Waals surface area contributed by atoms with Crippen LogP contribution in [0.1, 0.15) is 38.2 Å². The van der Waals surface area contributed by atoms with E-state index in [4.69, 9.17) is 26.3 Å². The zero-order valence-corrected chi connectivity index (χ0v) is 14.4. The van der Waals surface area contributed by atoms with Crippen LogP contribution in [-0.4, -0.2) is 26.2 Å². The number of ether oxygens (including phenoxy) is 2. The molecule has 0 unspecified atom stereocenters. The molecule has 0 fully saturated rings. The first kappa shape index (κ1) is 19.1. The second-order valence-electron chi connectivity index (χ2n) is 5.10. The lowest BCUT2D eigenvalue weighted by Gasteiger charge is -2.14. The number of nitrogens with zero attached hydrogens (tertiary/aromatic N) is 1. The summed E-state index contributed by atoms with van der Waals surface area (Å²) < 4.78 is 11.1. The fourth-order valence-electron chi connectivity index (χ4n) is 2.06. The Morgan fingerprint density at radius 2 is 2.17 bits per heavy atom. The molecular weight excluding hydrogens is 316 g/mol. The normalized spacial score (nSPS) is 10.0. The van der Waals surface area contributed by atoms with Crippen molar-refractivity contribution < 1.29 is 14.3 Å². The van der Waals surface area contributed by atoms with E-state index >= 15 is 0 Å². The van der Waals surface area contributed by atoms with E-state index in [2.05, 4.69) is 12.2 Å². The van der Waals surface area contributed by atoms with E-state index in [1.807, 2.05) is 18.2 Å². The van der Waals surface area contributed by atoms with E-state index in [0.717, 1.165) is 24.8 Å². The number of amides is 1. The highest BCUT2D eigenvalue weighted by atomic mass is 35.5. The zero-order valence-electron chi connectivity index (χ0n) is 13.7. The van der Waals surface area contributed by atoms with E-state index in [9.17, 15) is 4.79 Å². The molecule has 23 heavy (non-hydrogen) atoms. The van der Waals surface area contributed by atoms with Gasteiger partial charge >= 0.3 is 0 Å². The molecule has 0 aromatic heterocycles. The van der Waals surface area contributed by atoms with Gasteiger partial charge in [0.25, 0.3) is 0 Å². The Morgan fingerprint density at radius 3 is 2.83 bits per heavy atom. The average molecular weight is 339 g/mol. The topological polar surface area (TPSA) is 71.3 Å². The summed E-state index contributed by atoms with van der Waals surface area (Å²) >= 11 is 6.28. The molecule has 6 heteroatoms. The van der Waals surface area contributed by atoms with Gasteiger partial charge in [0.15, 0.2) is 11.5 Å². The zero-order chi connectivity index (χ0) is 17.1. The summed E-state index contributed by atoms with van der Waals surface area (Å²) in [5.41, 5.74) is 0.935. The molecule has 0 aliphatic heterocycles. The Balaban J connectivity index is 2.64. The van der Waals surface area contributed by atoms with Crippen LogP contribution in [0.2, 0.25) is 5.02 Å². The molecular formula is C17H23ClN2O3. The number of carbonyl (C=O) groups is 1. The van der Waals surface area contributed by atoms with Crippen molar-refractivity contribution in [1.29, 1.82) is 5.26 Å². The number of benzene rings is 1. The Kier molecular flexibility index (Phi) is 8.93. The Labute approximate surface area is 142 Å². The number of rotatable bonds is 10. The molecule has 1 amide bonds. The van der Waals surface area contributed by atoms with Gasteiger partial charge in [-0.15, -0.1) is 0 Å². The van der Waals surface area contributed by atoms with Gasteiger partial charge < -0.3 is 14.8 Å². The minimum absolute atomic E-state index is 0.130. The second kappa shape index (κ2) is 10.7. The van der Waals surface area contributed by atoms with Gasteiger partial charge in [-0.25, -0.2) is 0 Å². The highest BCUT2D eigenvalue weighted by Crippen LogP contribution is 2.36. The molecule has 0 bridgehead atoms. The summed E-state index contributed by atoms with van der Waals surface area (Å²) in [6.45, 7) is 3.18. The Hall–Kier alpha value is -1.93. The van der Waals surface area contributed by atoms with E-state index in [1.54, 1.807) is 7.11 Å². The van der Waals surface area contributed by atoms with Crippen molar-refractivity contribution >= 4 is 17.5 Å². The van der Waals surface area contributed by atoms with Crippen LogP contribution < -0.4 is 14.8 Å². The molecule has 1 rings (SSSR count). The van der Waals surface area contributed by atoms with E-state index in [-0.39, 0.29) is 12.3 Å². The van der Waals surface area contributed by atoms with Crippen LogP contribution >= 0.6 is 11.6 Å². The number of nitriles is 1. The average Bonchev–Trinajstić information content (AvgIpc) is 2.53. The standard InChI is InChI=1S/C17H23ClN2O3/c1-3-4-5-10-23-17-14(18)11-13(12-15(17)22-2)7-9-20-16(21)6-8-19/h11-12H,3-7,9-10H2,1-2H3,(H,20,21). The van der Waals surface area contributed by atoms with E-state index < -0.39 is 0 Å². The van der Waals surface area contributed by atoms with Crippen LogP contribution in [-0.2, 0) is 11.2 Å². The van der Waals surface area contributed by atoms with E-state index in [0.29, 0.717) is 36.1 Å². The minimum Gasteiger partial charge on any atom is -0.493 e. The lowest BCUT2D eigenvalue weighted by molar-refractivity contribution is -0.120. The van der Waals surface area contributed by atoms with Gasteiger partial charge in [0, 0.05) is 6.54 Å². The third-order valence-corrected chi connectivity index (χ3v) is 3.54. The van der Waals surface area contributed by atoms with Crippen molar-refractivity contribution in [2.24, 2.45) is 0 Å². The summed E-state index contributed by atoms with van der Waals surface area (Å²) in [5, 5.41) is 11.6. The monoisotopic (exact) mass is 338 g/mol. The van der Waals surface area contributed by atoms with Gasteiger partial charge in [0.1, 0.15) is 6.42 Å². The van der Waals surface area contributed by atoms with Gasteiger partial charge in [-0.3, -0.25) is 4.79 Å². The van der Waals surface area contributed by atoms with Crippen molar-refractivity contribution in [3.63, 3.8) is 0 Å². The van der Waals surface area contributed by atoms with Crippen LogP contribution in [0.15, 0.2) is 12.1 Å². The number of carbonyl (C=O) groups excluding carboxylic acids is 1. The van der Waals surface area contributed by atoms with Gasteiger partial charge in [0.05, 0.1) is 24.8 Å². The summed E-state index contributed by atoms with van der Waals surface area (Å²) in [4.78, 5) is 11.2. The summed E-state index contributed by atoms with van der Waals surface area (Å²) in [7, 11) is 1.57. The van der Waals surface area contributed by atoms with Crippen molar-refractivity contribution in [3.05, 3.63) is 22.7 Å². The molecule has 0 spiro atoms. The maximum Gasteiger partial charge on any atom is 0.234 e. The summed E-state index contributed by atoms with van der Waals surface area (Å²) in [6.07, 6.45) is 3.69. The SMILES string of the molecule is CCCCCOc1c(Cl)cc(CCNC(=O)CC#N)cc1OC. The molecule has 5 nitrogen and oxygen atoms in total. The van der Waals surface area contributed by atoms with Gasteiger partial charge in [-0.05, 0) is 30.5 Å². The van der Waals surface area contributed by atoms with Gasteiger partial charge in [0.2, 0.25) is 5.91 Å². The van der Waals surface area contributed by atoms with E-state index in [1.165, 1.54) is 0 Å². The molecule has 0 radical (unpaired) electrons. The van der Waals surface area contributed by atoms with Crippen LogP contribution in [0.25, 0.3) is 0 Å². The first-order chi connectivity index (χ1) is 11.1. The molecule has 0 atom stereocenters. The number of methoxy groups -OCH3 is 1. The van der Waals surface area contributed by atoms with Gasteiger partial charge in [-0.1, -0.05) is 31.4 Å². The van der Waals surface area contributed by atoms with Gasteiger partial charge in [-0.2, -0.15) is 5.26 Å². The minimum atomic E-state index is -0.276. The molecule has 0 aliphatic carbocycles. The highest BCUT2D eigenvalue weighted by molar-refractivity contribution is 6.32. The highest BCUT2D eigenvalue weighted by Gasteiger charge is 2.12. The van der Waals surface area contributed by atoms with Crippen molar-refractivity contribution in [2.45, 2.75) is 39.0 Å². The summed E-state index contributed by atoms with van der Waals surface area (Å²) in [5.74, 6) is 0.872. The van der Waals surface area contributed by atoms with Crippen LogP contribution in [0, 0.1) is 11.3 Å². The maximum atomic E-state index is 11.2. The maximum absolute atomic E-state index is 11.2. The molecule has 1 aromatic rings. The molecule has 0 heterocycles. The number of hydrogen-bond donors (Lipinski definition) is 1. The van der Waals surface area contributed by atoms with Crippen molar-refractivity contribution in [1.82, 2.24) is 5.32 Å². The molecule has 1 aromatic carbocycles. The molecule has 0 saturated heterocycles. The van der Waals surface area contributed by atoms with Crippen LogP contribution in [0.3, 0.4) is 0 Å².